The fraction of sp³-hybridized carbons (Fsp3) is 0.400. The molecule has 14 heavy (non-hydrogen) atoms. The van der Waals surface area contributed by atoms with Crippen LogP contribution in [-0.4, -0.2) is 23.7 Å². The molecular weight excluding hydrogens is 184 g/mol. The van der Waals surface area contributed by atoms with Crippen molar-refractivity contribution in [2.24, 2.45) is 11.3 Å². The van der Waals surface area contributed by atoms with Crippen molar-refractivity contribution in [3.63, 3.8) is 0 Å². The van der Waals surface area contributed by atoms with Crippen molar-refractivity contribution >= 4 is 11.9 Å². The molecule has 0 saturated heterocycles. The SMILES string of the molecule is C=CCOC(=O)C1(C=C)CC1C(=O)O. The van der Waals surface area contributed by atoms with Crippen molar-refractivity contribution in [2.75, 3.05) is 6.61 Å². The summed E-state index contributed by atoms with van der Waals surface area (Å²) in [6.07, 6.45) is 3.08. The van der Waals surface area contributed by atoms with Gasteiger partial charge in [-0.25, -0.2) is 0 Å². The lowest BCUT2D eigenvalue weighted by atomic mass is 10.0. The Kier molecular flexibility index (Phi) is 2.74. The molecule has 4 heteroatoms. The van der Waals surface area contributed by atoms with Crippen LogP contribution in [0.2, 0.25) is 0 Å². The van der Waals surface area contributed by atoms with Gasteiger partial charge in [0.05, 0.1) is 11.3 Å². The number of carbonyl (C=O) groups is 2. The number of aliphatic carboxylic acids is 1. The van der Waals surface area contributed by atoms with Crippen LogP contribution >= 0.6 is 0 Å². The second kappa shape index (κ2) is 3.65. The molecule has 0 radical (unpaired) electrons. The first kappa shape index (κ1) is 10.5. The molecule has 0 aliphatic heterocycles. The van der Waals surface area contributed by atoms with Crippen LogP contribution in [0.5, 0.6) is 0 Å². The van der Waals surface area contributed by atoms with E-state index in [9.17, 15) is 9.59 Å². The summed E-state index contributed by atoms with van der Waals surface area (Å²) in [7, 11) is 0. The van der Waals surface area contributed by atoms with E-state index in [4.69, 9.17) is 9.84 Å². The third kappa shape index (κ3) is 1.55. The topological polar surface area (TPSA) is 63.6 Å². The zero-order chi connectivity index (χ0) is 10.8. The molecule has 0 aromatic rings. The highest BCUT2D eigenvalue weighted by Crippen LogP contribution is 2.54. The molecule has 0 bridgehead atoms. The zero-order valence-corrected chi connectivity index (χ0v) is 7.73. The van der Waals surface area contributed by atoms with Gasteiger partial charge >= 0.3 is 11.9 Å². The van der Waals surface area contributed by atoms with Crippen LogP contribution in [0.4, 0.5) is 0 Å². The third-order valence-electron chi connectivity index (χ3n) is 2.38. The molecule has 0 heterocycles. The zero-order valence-electron chi connectivity index (χ0n) is 7.73. The van der Waals surface area contributed by atoms with Gasteiger partial charge in [-0.3, -0.25) is 9.59 Å². The largest absolute Gasteiger partial charge is 0.481 e. The van der Waals surface area contributed by atoms with E-state index in [2.05, 4.69) is 13.2 Å². The molecule has 1 aliphatic carbocycles. The Morgan fingerprint density at radius 1 is 1.57 bits per heavy atom. The number of carbonyl (C=O) groups excluding carboxylic acids is 1. The number of hydrogen-bond donors (Lipinski definition) is 1. The molecule has 0 aromatic carbocycles. The van der Waals surface area contributed by atoms with Gasteiger partial charge in [-0.05, 0) is 6.42 Å². The highest BCUT2D eigenvalue weighted by atomic mass is 16.5. The van der Waals surface area contributed by atoms with Crippen molar-refractivity contribution < 1.29 is 19.4 Å². The Balaban J connectivity index is 2.65. The van der Waals surface area contributed by atoms with Gasteiger partial charge in [0.25, 0.3) is 0 Å². The number of carboxylic acid groups (broad SMARTS) is 1. The van der Waals surface area contributed by atoms with Gasteiger partial charge in [-0.1, -0.05) is 18.7 Å². The van der Waals surface area contributed by atoms with E-state index in [0.29, 0.717) is 0 Å². The summed E-state index contributed by atoms with van der Waals surface area (Å²) >= 11 is 0. The van der Waals surface area contributed by atoms with Gasteiger partial charge in [0.2, 0.25) is 0 Å². The molecule has 1 aliphatic rings. The molecular formula is C10H12O4. The fourth-order valence-corrected chi connectivity index (χ4v) is 1.39. The lowest BCUT2D eigenvalue weighted by molar-refractivity contribution is -0.151. The normalized spacial score (nSPS) is 29.0. The Morgan fingerprint density at radius 2 is 2.21 bits per heavy atom. The van der Waals surface area contributed by atoms with Crippen molar-refractivity contribution in [1.29, 1.82) is 0 Å². The Morgan fingerprint density at radius 3 is 2.57 bits per heavy atom. The molecule has 1 fully saturated rings. The lowest BCUT2D eigenvalue weighted by Crippen LogP contribution is -2.21. The van der Waals surface area contributed by atoms with E-state index in [0.717, 1.165) is 0 Å². The molecule has 1 rings (SSSR count). The molecule has 1 N–H and O–H groups in total. The standard InChI is InChI=1S/C10H12O4/c1-3-5-14-9(13)10(4-2)6-7(10)8(11)12/h3-4,7H,1-2,5-6H2,(H,11,12). The minimum Gasteiger partial charge on any atom is -0.481 e. The first-order valence-electron chi connectivity index (χ1n) is 4.23. The fourth-order valence-electron chi connectivity index (χ4n) is 1.39. The average Bonchev–Trinajstić information content (AvgIpc) is 2.90. The van der Waals surface area contributed by atoms with Crippen molar-refractivity contribution in [3.8, 4) is 0 Å². The summed E-state index contributed by atoms with van der Waals surface area (Å²) in [5.41, 5.74) is -1.01. The Labute approximate surface area is 81.9 Å². The molecule has 2 unspecified atom stereocenters. The van der Waals surface area contributed by atoms with Crippen molar-refractivity contribution in [3.05, 3.63) is 25.3 Å². The first-order chi connectivity index (χ1) is 6.58. The summed E-state index contributed by atoms with van der Waals surface area (Å²) in [6.45, 7) is 6.96. The highest BCUT2D eigenvalue weighted by molar-refractivity contribution is 5.92. The lowest BCUT2D eigenvalue weighted by Gasteiger charge is -2.09. The third-order valence-corrected chi connectivity index (χ3v) is 2.38. The van der Waals surface area contributed by atoms with E-state index >= 15 is 0 Å². The van der Waals surface area contributed by atoms with Gasteiger partial charge in [-0.15, -0.1) is 6.58 Å². The van der Waals surface area contributed by atoms with E-state index in [-0.39, 0.29) is 13.0 Å². The Bertz CT molecular complexity index is 294. The number of rotatable bonds is 5. The predicted octanol–water partition coefficient (Wildman–Crippen LogP) is 0.992. The molecule has 76 valence electrons. The molecule has 0 aromatic heterocycles. The minimum atomic E-state index is -1.01. The summed E-state index contributed by atoms with van der Waals surface area (Å²) in [6, 6.07) is 0. The van der Waals surface area contributed by atoms with Crippen LogP contribution < -0.4 is 0 Å². The summed E-state index contributed by atoms with van der Waals surface area (Å²) in [5.74, 6) is -2.20. The van der Waals surface area contributed by atoms with Gasteiger partial charge in [-0.2, -0.15) is 0 Å². The molecule has 1 saturated carbocycles. The van der Waals surface area contributed by atoms with Gasteiger partial charge < -0.3 is 9.84 Å². The van der Waals surface area contributed by atoms with Crippen LogP contribution in [0.3, 0.4) is 0 Å². The number of hydrogen-bond acceptors (Lipinski definition) is 3. The van der Waals surface area contributed by atoms with Crippen LogP contribution in [0.25, 0.3) is 0 Å². The van der Waals surface area contributed by atoms with Crippen LogP contribution in [0.1, 0.15) is 6.42 Å². The summed E-state index contributed by atoms with van der Waals surface area (Å²) in [4.78, 5) is 22.1. The summed E-state index contributed by atoms with van der Waals surface area (Å²) < 4.78 is 4.80. The molecule has 0 amide bonds. The van der Waals surface area contributed by atoms with Crippen LogP contribution in [-0.2, 0) is 14.3 Å². The van der Waals surface area contributed by atoms with Crippen LogP contribution in [0.15, 0.2) is 25.3 Å². The maximum Gasteiger partial charge on any atom is 0.317 e. The molecule has 4 nitrogen and oxygen atoms in total. The second-order valence-electron chi connectivity index (χ2n) is 3.23. The second-order valence-corrected chi connectivity index (χ2v) is 3.23. The predicted molar refractivity (Wildman–Crippen MR) is 49.5 cm³/mol. The van der Waals surface area contributed by atoms with Gasteiger partial charge in [0.15, 0.2) is 0 Å². The monoisotopic (exact) mass is 196 g/mol. The molecule has 2 atom stereocenters. The number of carboxylic acids is 1. The maximum atomic E-state index is 11.4. The van der Waals surface area contributed by atoms with Gasteiger partial charge in [0.1, 0.15) is 6.61 Å². The van der Waals surface area contributed by atoms with Crippen LogP contribution in [0, 0.1) is 11.3 Å². The minimum absolute atomic E-state index is 0.0980. The summed E-state index contributed by atoms with van der Waals surface area (Å²) in [5, 5.41) is 8.72. The number of ether oxygens (including phenoxy) is 1. The maximum absolute atomic E-state index is 11.4. The van der Waals surface area contributed by atoms with Gasteiger partial charge in [0, 0.05) is 0 Å². The van der Waals surface area contributed by atoms with E-state index < -0.39 is 23.3 Å². The first-order valence-corrected chi connectivity index (χ1v) is 4.23. The van der Waals surface area contributed by atoms with Crippen molar-refractivity contribution in [2.45, 2.75) is 6.42 Å². The molecule has 0 spiro atoms. The van der Waals surface area contributed by atoms with E-state index in [1.54, 1.807) is 0 Å². The average molecular weight is 196 g/mol. The highest BCUT2D eigenvalue weighted by Gasteiger charge is 2.63. The van der Waals surface area contributed by atoms with E-state index in [1.807, 2.05) is 0 Å². The number of esters is 1. The quantitative estimate of drug-likeness (QED) is 0.526. The smallest absolute Gasteiger partial charge is 0.317 e. The van der Waals surface area contributed by atoms with E-state index in [1.165, 1.54) is 12.2 Å². The Hall–Kier alpha value is -1.58. The van der Waals surface area contributed by atoms with Crippen molar-refractivity contribution in [1.82, 2.24) is 0 Å².